The highest BCUT2D eigenvalue weighted by atomic mass is 35.5. The Morgan fingerprint density at radius 1 is 1.39 bits per heavy atom. The summed E-state index contributed by atoms with van der Waals surface area (Å²) in [6.07, 6.45) is 0.809. The molecule has 0 amide bonds. The van der Waals surface area contributed by atoms with E-state index >= 15 is 0 Å². The Balaban J connectivity index is 2.50. The van der Waals surface area contributed by atoms with Gasteiger partial charge < -0.3 is 5.32 Å². The van der Waals surface area contributed by atoms with E-state index in [-0.39, 0.29) is 10.8 Å². The van der Waals surface area contributed by atoms with Crippen LogP contribution in [0.3, 0.4) is 0 Å². The summed E-state index contributed by atoms with van der Waals surface area (Å²) in [7, 11) is 1.86. The van der Waals surface area contributed by atoms with Crippen molar-refractivity contribution >= 4 is 34.1 Å². The van der Waals surface area contributed by atoms with E-state index < -0.39 is 0 Å². The van der Waals surface area contributed by atoms with E-state index in [0.29, 0.717) is 22.5 Å². The van der Waals surface area contributed by atoms with Crippen molar-refractivity contribution in [2.45, 2.75) is 13.0 Å². The first-order chi connectivity index (χ1) is 8.63. The maximum Gasteiger partial charge on any atom is 0.262 e. The third-order valence-corrected chi connectivity index (χ3v) is 3.20. The van der Waals surface area contributed by atoms with Crippen LogP contribution in [-0.4, -0.2) is 23.1 Å². The predicted octanol–water partition coefficient (Wildman–Crippen LogP) is 2.31. The Hall–Kier alpha value is -1.10. The summed E-state index contributed by atoms with van der Waals surface area (Å²) in [5.74, 6) is 0. The number of aromatic nitrogens is 2. The smallest absolute Gasteiger partial charge is 0.262 e. The molecule has 18 heavy (non-hydrogen) atoms. The highest BCUT2D eigenvalue weighted by molar-refractivity contribution is 6.31. The fourth-order valence-corrected chi connectivity index (χ4v) is 2.20. The lowest BCUT2D eigenvalue weighted by molar-refractivity contribution is 0.595. The van der Waals surface area contributed by atoms with Crippen LogP contribution in [0, 0.1) is 0 Å². The topological polar surface area (TPSA) is 46.9 Å². The van der Waals surface area contributed by atoms with E-state index in [9.17, 15) is 4.79 Å². The van der Waals surface area contributed by atoms with Crippen LogP contribution in [0.5, 0.6) is 0 Å². The molecule has 2 rings (SSSR count). The van der Waals surface area contributed by atoms with Crippen molar-refractivity contribution in [1.29, 1.82) is 0 Å². The first-order valence-electron chi connectivity index (χ1n) is 5.63. The molecule has 1 aromatic heterocycles. The summed E-state index contributed by atoms with van der Waals surface area (Å²) in [6, 6.07) is 5.01. The number of nitrogens with zero attached hydrogens (tertiary/aromatic N) is 2. The molecule has 1 aromatic carbocycles. The number of hydrogen-bond donors (Lipinski definition) is 1. The molecule has 0 aliphatic carbocycles. The van der Waals surface area contributed by atoms with Crippen molar-refractivity contribution in [3.05, 3.63) is 38.9 Å². The van der Waals surface area contributed by atoms with Gasteiger partial charge >= 0.3 is 0 Å². The fraction of sp³-hybridized carbons (Fsp3) is 0.333. The minimum absolute atomic E-state index is 0.149. The molecule has 0 fully saturated rings. The number of benzene rings is 1. The monoisotopic (exact) mass is 285 g/mol. The molecule has 0 aliphatic rings. The minimum atomic E-state index is -0.149. The molecule has 6 heteroatoms. The summed E-state index contributed by atoms with van der Waals surface area (Å²) >= 11 is 11.9. The molecule has 0 aliphatic heterocycles. The third kappa shape index (κ3) is 2.66. The van der Waals surface area contributed by atoms with E-state index in [0.717, 1.165) is 13.0 Å². The van der Waals surface area contributed by atoms with E-state index in [1.165, 1.54) is 4.57 Å². The number of hydrogen-bond acceptors (Lipinski definition) is 3. The molecular weight excluding hydrogens is 273 g/mol. The maximum atomic E-state index is 12.3. The molecule has 1 heterocycles. The molecule has 4 nitrogen and oxygen atoms in total. The van der Waals surface area contributed by atoms with Gasteiger partial charge in [-0.2, -0.15) is 0 Å². The van der Waals surface area contributed by atoms with E-state index in [2.05, 4.69) is 10.3 Å². The molecule has 0 radical (unpaired) electrons. The van der Waals surface area contributed by atoms with Crippen molar-refractivity contribution in [3.63, 3.8) is 0 Å². The van der Waals surface area contributed by atoms with Gasteiger partial charge in [0, 0.05) is 11.6 Å². The lowest BCUT2D eigenvalue weighted by atomic mass is 10.2. The number of nitrogens with one attached hydrogen (secondary N) is 1. The fourth-order valence-electron chi connectivity index (χ4n) is 1.77. The molecule has 1 N–H and O–H groups in total. The second kappa shape index (κ2) is 5.69. The summed E-state index contributed by atoms with van der Waals surface area (Å²) in [5, 5.41) is 4.25. The first-order valence-corrected chi connectivity index (χ1v) is 6.39. The van der Waals surface area contributed by atoms with Crippen LogP contribution in [0.1, 0.15) is 6.42 Å². The van der Waals surface area contributed by atoms with Gasteiger partial charge in [-0.3, -0.25) is 9.36 Å². The van der Waals surface area contributed by atoms with Crippen LogP contribution in [0.25, 0.3) is 10.9 Å². The van der Waals surface area contributed by atoms with E-state index in [1.54, 1.807) is 18.2 Å². The van der Waals surface area contributed by atoms with Gasteiger partial charge in [-0.1, -0.05) is 11.6 Å². The van der Waals surface area contributed by atoms with Crippen LogP contribution >= 0.6 is 23.2 Å². The molecular formula is C12H13Cl2N3O. The van der Waals surface area contributed by atoms with Crippen LogP contribution < -0.4 is 10.9 Å². The zero-order valence-electron chi connectivity index (χ0n) is 9.91. The zero-order valence-corrected chi connectivity index (χ0v) is 11.4. The molecule has 0 atom stereocenters. The third-order valence-electron chi connectivity index (χ3n) is 2.68. The predicted molar refractivity (Wildman–Crippen MR) is 74.6 cm³/mol. The molecule has 0 spiro atoms. The summed E-state index contributed by atoms with van der Waals surface area (Å²) < 4.78 is 1.47. The van der Waals surface area contributed by atoms with Gasteiger partial charge in [0.05, 0.1) is 10.9 Å². The molecule has 0 unspecified atom stereocenters. The quantitative estimate of drug-likeness (QED) is 0.693. The van der Waals surface area contributed by atoms with Crippen molar-refractivity contribution in [1.82, 2.24) is 14.9 Å². The average Bonchev–Trinajstić information content (AvgIpc) is 2.35. The lowest BCUT2D eigenvalue weighted by Crippen LogP contribution is -2.24. The molecule has 0 bridgehead atoms. The molecule has 96 valence electrons. The van der Waals surface area contributed by atoms with Gasteiger partial charge in [0.25, 0.3) is 5.56 Å². The Morgan fingerprint density at radius 2 is 2.17 bits per heavy atom. The van der Waals surface area contributed by atoms with Gasteiger partial charge in [-0.15, -0.1) is 0 Å². The number of halogens is 2. The van der Waals surface area contributed by atoms with Crippen LogP contribution in [-0.2, 0) is 6.54 Å². The lowest BCUT2D eigenvalue weighted by Gasteiger charge is -2.09. The standard InChI is InChI=1S/C12H13Cl2N3O/c1-15-5-2-6-17-11(18)9-7-8(13)3-4-10(9)16-12(17)14/h3-4,7,15H,2,5-6H2,1H3. The molecule has 0 saturated heterocycles. The maximum absolute atomic E-state index is 12.3. The van der Waals surface area contributed by atoms with Crippen LogP contribution in [0.4, 0.5) is 0 Å². The second-order valence-electron chi connectivity index (χ2n) is 3.96. The SMILES string of the molecule is CNCCCn1c(Cl)nc2ccc(Cl)cc2c1=O. The van der Waals surface area contributed by atoms with Gasteiger partial charge in [0.2, 0.25) is 5.28 Å². The van der Waals surface area contributed by atoms with Crippen molar-refractivity contribution < 1.29 is 0 Å². The van der Waals surface area contributed by atoms with Crippen molar-refractivity contribution in [3.8, 4) is 0 Å². The Bertz CT molecular complexity index is 624. The molecule has 0 saturated carbocycles. The Kier molecular flexibility index (Phi) is 4.22. The summed E-state index contributed by atoms with van der Waals surface area (Å²) in [6.45, 7) is 1.35. The molecule has 2 aromatic rings. The van der Waals surface area contributed by atoms with Crippen molar-refractivity contribution in [2.75, 3.05) is 13.6 Å². The van der Waals surface area contributed by atoms with Crippen molar-refractivity contribution in [2.24, 2.45) is 0 Å². The minimum Gasteiger partial charge on any atom is -0.320 e. The van der Waals surface area contributed by atoms with Gasteiger partial charge in [0.1, 0.15) is 0 Å². The number of fused-ring (bicyclic) bond motifs is 1. The summed E-state index contributed by atoms with van der Waals surface area (Å²) in [5.41, 5.74) is 0.419. The normalized spacial score (nSPS) is 11.1. The zero-order chi connectivity index (χ0) is 13.1. The highest BCUT2D eigenvalue weighted by Crippen LogP contribution is 2.16. The van der Waals surface area contributed by atoms with Crippen LogP contribution in [0.15, 0.2) is 23.0 Å². The average molecular weight is 286 g/mol. The Morgan fingerprint density at radius 3 is 2.89 bits per heavy atom. The van der Waals surface area contributed by atoms with Crippen LogP contribution in [0.2, 0.25) is 10.3 Å². The van der Waals surface area contributed by atoms with Gasteiger partial charge in [-0.25, -0.2) is 4.98 Å². The Labute approximate surface area is 115 Å². The largest absolute Gasteiger partial charge is 0.320 e. The second-order valence-corrected chi connectivity index (χ2v) is 4.73. The number of rotatable bonds is 4. The first kappa shape index (κ1) is 13.3. The summed E-state index contributed by atoms with van der Waals surface area (Å²) in [4.78, 5) is 16.5. The van der Waals surface area contributed by atoms with E-state index in [1.807, 2.05) is 7.05 Å². The highest BCUT2D eigenvalue weighted by Gasteiger charge is 2.09. The van der Waals surface area contributed by atoms with E-state index in [4.69, 9.17) is 23.2 Å². The van der Waals surface area contributed by atoms with Gasteiger partial charge in [-0.05, 0) is 49.8 Å². The van der Waals surface area contributed by atoms with Gasteiger partial charge in [0.15, 0.2) is 0 Å².